The first-order valence-electron chi connectivity index (χ1n) is 6.59. The molecule has 0 radical (unpaired) electrons. The Morgan fingerprint density at radius 3 is 2.35 bits per heavy atom. The second kappa shape index (κ2) is 7.46. The summed E-state index contributed by atoms with van der Waals surface area (Å²) < 4.78 is 0. The molecule has 96 valence electrons. The Morgan fingerprint density at radius 1 is 1.18 bits per heavy atom. The summed E-state index contributed by atoms with van der Waals surface area (Å²) in [6.07, 6.45) is 2.07. The minimum absolute atomic E-state index is 0.195. The van der Waals surface area contributed by atoms with E-state index in [0.717, 1.165) is 12.8 Å². The maximum Gasteiger partial charge on any atom is 0.0584 e. The summed E-state index contributed by atoms with van der Waals surface area (Å²) in [6, 6.07) is 11.2. The lowest BCUT2D eigenvalue weighted by molar-refractivity contribution is 0.220. The maximum absolute atomic E-state index is 9.40. The number of aliphatic hydroxyl groups is 1. The van der Waals surface area contributed by atoms with Gasteiger partial charge in [0.05, 0.1) is 6.61 Å². The first kappa shape index (κ1) is 14.2. The molecule has 0 aliphatic heterocycles. The van der Waals surface area contributed by atoms with E-state index in [1.807, 2.05) is 6.07 Å². The second-order valence-electron chi connectivity index (χ2n) is 4.90. The average molecular weight is 235 g/mol. The Bertz CT molecular complexity index is 299. The molecule has 2 N–H and O–H groups in total. The lowest BCUT2D eigenvalue weighted by Crippen LogP contribution is -2.39. The van der Waals surface area contributed by atoms with Gasteiger partial charge >= 0.3 is 0 Å². The molecule has 0 saturated heterocycles. The number of rotatable bonds is 7. The fraction of sp³-hybridized carbons (Fsp3) is 0.600. The highest BCUT2D eigenvalue weighted by Crippen LogP contribution is 2.20. The van der Waals surface area contributed by atoms with Gasteiger partial charge in [-0.05, 0) is 31.2 Å². The minimum atomic E-state index is 0.195. The van der Waals surface area contributed by atoms with E-state index in [4.69, 9.17) is 0 Å². The Kier molecular flexibility index (Phi) is 6.23. The number of hydrogen-bond donors (Lipinski definition) is 2. The third-order valence-electron chi connectivity index (χ3n) is 3.36. The number of benzene rings is 1. The monoisotopic (exact) mass is 235 g/mol. The van der Waals surface area contributed by atoms with E-state index >= 15 is 0 Å². The first-order chi connectivity index (χ1) is 8.17. The Labute approximate surface area is 105 Å². The van der Waals surface area contributed by atoms with Crippen molar-refractivity contribution in [2.75, 3.05) is 6.61 Å². The van der Waals surface area contributed by atoms with Crippen LogP contribution in [-0.4, -0.2) is 23.8 Å². The summed E-state index contributed by atoms with van der Waals surface area (Å²) in [5, 5.41) is 12.9. The van der Waals surface area contributed by atoms with Crippen molar-refractivity contribution in [2.45, 2.75) is 51.6 Å². The van der Waals surface area contributed by atoms with Gasteiger partial charge in [0.25, 0.3) is 0 Å². The molecule has 0 fully saturated rings. The lowest BCUT2D eigenvalue weighted by atomic mass is 9.94. The summed E-state index contributed by atoms with van der Waals surface area (Å²) in [7, 11) is 0. The number of nitrogens with one attached hydrogen (secondary N) is 1. The van der Waals surface area contributed by atoms with Crippen LogP contribution in [0.15, 0.2) is 30.3 Å². The third kappa shape index (κ3) is 4.88. The molecule has 3 atom stereocenters. The third-order valence-corrected chi connectivity index (χ3v) is 3.36. The van der Waals surface area contributed by atoms with Gasteiger partial charge in [0.15, 0.2) is 0 Å². The van der Waals surface area contributed by atoms with Crippen LogP contribution in [0.5, 0.6) is 0 Å². The minimum Gasteiger partial charge on any atom is -0.395 e. The normalized spacial score (nSPS) is 16.5. The number of aliphatic hydroxyl groups excluding tert-OH is 1. The summed E-state index contributed by atoms with van der Waals surface area (Å²) in [4.78, 5) is 0. The molecule has 0 aromatic heterocycles. The van der Waals surface area contributed by atoms with Crippen LogP contribution < -0.4 is 5.32 Å². The molecule has 1 rings (SSSR count). The molecule has 0 saturated carbocycles. The standard InChI is InChI=1S/C15H25NO/c1-4-13(3)16-15(11-17)10-12(2)14-8-6-5-7-9-14/h5-9,12-13,15-17H,4,10-11H2,1-3H3. The highest BCUT2D eigenvalue weighted by Gasteiger charge is 2.15. The van der Waals surface area contributed by atoms with Gasteiger partial charge in [-0.2, -0.15) is 0 Å². The van der Waals surface area contributed by atoms with Crippen LogP contribution in [0.2, 0.25) is 0 Å². The van der Waals surface area contributed by atoms with Crippen LogP contribution in [0, 0.1) is 0 Å². The molecule has 0 aliphatic rings. The van der Waals surface area contributed by atoms with Gasteiger partial charge in [0, 0.05) is 12.1 Å². The number of hydrogen-bond acceptors (Lipinski definition) is 2. The topological polar surface area (TPSA) is 32.3 Å². The van der Waals surface area contributed by atoms with Crippen LogP contribution >= 0.6 is 0 Å². The summed E-state index contributed by atoms with van der Waals surface area (Å²) in [5.41, 5.74) is 1.34. The summed E-state index contributed by atoms with van der Waals surface area (Å²) >= 11 is 0. The van der Waals surface area contributed by atoms with Gasteiger partial charge in [-0.25, -0.2) is 0 Å². The molecule has 0 spiro atoms. The van der Waals surface area contributed by atoms with E-state index in [2.05, 4.69) is 50.4 Å². The Balaban J connectivity index is 2.50. The van der Waals surface area contributed by atoms with E-state index < -0.39 is 0 Å². The van der Waals surface area contributed by atoms with Crippen molar-refractivity contribution < 1.29 is 5.11 Å². The SMILES string of the molecule is CCC(C)NC(CO)CC(C)c1ccccc1. The first-order valence-corrected chi connectivity index (χ1v) is 6.59. The Morgan fingerprint density at radius 2 is 1.82 bits per heavy atom. The van der Waals surface area contributed by atoms with Crippen molar-refractivity contribution in [1.82, 2.24) is 5.32 Å². The lowest BCUT2D eigenvalue weighted by Gasteiger charge is -2.24. The van der Waals surface area contributed by atoms with Gasteiger partial charge in [-0.1, -0.05) is 44.2 Å². The second-order valence-corrected chi connectivity index (χ2v) is 4.90. The van der Waals surface area contributed by atoms with Gasteiger partial charge in [-0.3, -0.25) is 0 Å². The van der Waals surface area contributed by atoms with Crippen molar-refractivity contribution in [3.8, 4) is 0 Å². The molecule has 0 bridgehead atoms. The quantitative estimate of drug-likeness (QED) is 0.761. The molecular formula is C15H25NO. The predicted molar refractivity (Wildman–Crippen MR) is 73.2 cm³/mol. The zero-order valence-corrected chi connectivity index (χ0v) is 11.2. The zero-order valence-electron chi connectivity index (χ0n) is 11.2. The van der Waals surface area contributed by atoms with Crippen molar-refractivity contribution in [3.05, 3.63) is 35.9 Å². The van der Waals surface area contributed by atoms with E-state index in [9.17, 15) is 5.11 Å². The average Bonchev–Trinajstić information content (AvgIpc) is 2.38. The van der Waals surface area contributed by atoms with Crippen LogP contribution in [0.1, 0.15) is 45.1 Å². The van der Waals surface area contributed by atoms with Gasteiger partial charge in [-0.15, -0.1) is 0 Å². The van der Waals surface area contributed by atoms with E-state index in [1.54, 1.807) is 0 Å². The fourth-order valence-corrected chi connectivity index (χ4v) is 2.06. The summed E-state index contributed by atoms with van der Waals surface area (Å²) in [5.74, 6) is 0.477. The smallest absolute Gasteiger partial charge is 0.0584 e. The van der Waals surface area contributed by atoms with E-state index in [-0.39, 0.29) is 12.6 Å². The molecule has 0 aliphatic carbocycles. The van der Waals surface area contributed by atoms with E-state index in [1.165, 1.54) is 5.56 Å². The molecule has 2 nitrogen and oxygen atoms in total. The molecule has 17 heavy (non-hydrogen) atoms. The van der Waals surface area contributed by atoms with Crippen molar-refractivity contribution in [1.29, 1.82) is 0 Å². The predicted octanol–water partition coefficient (Wildman–Crippen LogP) is 2.93. The molecule has 1 aromatic carbocycles. The maximum atomic E-state index is 9.40. The molecule has 0 heterocycles. The van der Waals surface area contributed by atoms with Crippen molar-refractivity contribution >= 4 is 0 Å². The van der Waals surface area contributed by atoms with Crippen LogP contribution in [0.3, 0.4) is 0 Å². The fourth-order valence-electron chi connectivity index (χ4n) is 2.06. The molecule has 3 unspecified atom stereocenters. The van der Waals surface area contributed by atoms with Gasteiger partial charge < -0.3 is 10.4 Å². The molecule has 0 amide bonds. The van der Waals surface area contributed by atoms with Crippen molar-refractivity contribution in [2.24, 2.45) is 0 Å². The van der Waals surface area contributed by atoms with Crippen LogP contribution in [0.25, 0.3) is 0 Å². The molecule has 1 aromatic rings. The van der Waals surface area contributed by atoms with Crippen molar-refractivity contribution in [3.63, 3.8) is 0 Å². The molecule has 2 heteroatoms. The van der Waals surface area contributed by atoms with Gasteiger partial charge in [0.1, 0.15) is 0 Å². The Hall–Kier alpha value is -0.860. The molecular weight excluding hydrogens is 210 g/mol. The summed E-state index contributed by atoms with van der Waals surface area (Å²) in [6.45, 7) is 6.75. The largest absolute Gasteiger partial charge is 0.395 e. The highest BCUT2D eigenvalue weighted by atomic mass is 16.3. The zero-order chi connectivity index (χ0) is 12.7. The van der Waals surface area contributed by atoms with E-state index in [0.29, 0.717) is 12.0 Å². The van der Waals surface area contributed by atoms with Crippen LogP contribution in [-0.2, 0) is 0 Å². The van der Waals surface area contributed by atoms with Gasteiger partial charge in [0.2, 0.25) is 0 Å². The van der Waals surface area contributed by atoms with Crippen LogP contribution in [0.4, 0.5) is 0 Å². The highest BCUT2D eigenvalue weighted by molar-refractivity contribution is 5.18.